The molecule has 8 rings (SSSR count). The van der Waals surface area contributed by atoms with E-state index in [0.717, 1.165) is 43.1 Å². The fourth-order valence-electron chi connectivity index (χ4n) is 15.8. The molecule has 1 aromatic carbocycles. The Morgan fingerprint density at radius 3 is 2.41 bits per heavy atom. The van der Waals surface area contributed by atoms with E-state index < -0.39 is 18.1 Å². The maximum Gasteiger partial charge on any atom is 0.324 e. The number of alkyl halides is 1. The summed E-state index contributed by atoms with van der Waals surface area (Å²) in [4.78, 5) is 28.7. The molecule has 61 heavy (non-hydrogen) atoms. The number of thioether (sulfide) groups is 1. The van der Waals surface area contributed by atoms with Crippen LogP contribution in [-0.2, 0) is 25.7 Å². The first-order chi connectivity index (χ1) is 29.1. The van der Waals surface area contributed by atoms with Crippen molar-refractivity contribution in [2.45, 2.75) is 144 Å². The molecule has 0 spiro atoms. The van der Waals surface area contributed by atoms with Gasteiger partial charge < -0.3 is 14.8 Å². The number of nitrogens with zero attached hydrogens (tertiary/aromatic N) is 1. The van der Waals surface area contributed by atoms with Crippen molar-refractivity contribution < 1.29 is 23.5 Å². The lowest BCUT2D eigenvalue weighted by Crippen LogP contribution is -2.68. The normalized spacial score (nSPS) is 40.6. The Balaban J connectivity index is 0.993. The van der Waals surface area contributed by atoms with Crippen molar-refractivity contribution in [1.29, 1.82) is 0 Å². The molecular weight excluding hydrogens is 780 g/mol. The number of allylic oxidation sites excluding steroid dienone is 5. The quantitative estimate of drug-likeness (QED) is 0.166. The minimum Gasteiger partial charge on any atom is -0.465 e. The third kappa shape index (κ3) is 7.54. The van der Waals surface area contributed by atoms with E-state index in [1.54, 1.807) is 0 Å². The van der Waals surface area contributed by atoms with Crippen LogP contribution in [0.3, 0.4) is 0 Å². The van der Waals surface area contributed by atoms with Gasteiger partial charge in [0.05, 0.1) is 12.0 Å². The summed E-state index contributed by atoms with van der Waals surface area (Å²) in [6.07, 6.45) is 17.5. The number of ether oxygens (including phenoxy) is 2. The monoisotopic (exact) mass is 857 g/mol. The van der Waals surface area contributed by atoms with Gasteiger partial charge in [0.25, 0.3) is 0 Å². The zero-order chi connectivity index (χ0) is 43.4. The summed E-state index contributed by atoms with van der Waals surface area (Å²) >= 11 is 1.87. The number of hydrogen-bond acceptors (Lipinski definition) is 7. The largest absolute Gasteiger partial charge is 0.465 e. The Bertz CT molecular complexity index is 1880. The molecule has 8 heteroatoms. The van der Waals surface area contributed by atoms with Crippen LogP contribution >= 0.6 is 11.8 Å². The Morgan fingerprint density at radius 2 is 1.70 bits per heavy atom. The number of fused-ring (bicyclic) bond motifs is 7. The van der Waals surface area contributed by atoms with E-state index in [9.17, 15) is 14.0 Å². The molecule has 0 radical (unpaired) electrons. The van der Waals surface area contributed by atoms with E-state index in [-0.39, 0.29) is 45.8 Å². The van der Waals surface area contributed by atoms with Crippen molar-refractivity contribution in [1.82, 2.24) is 10.2 Å². The summed E-state index contributed by atoms with van der Waals surface area (Å²) in [5, 5.41) is 4.28. The molecule has 6 nitrogen and oxygen atoms in total. The molecule has 0 bridgehead atoms. The van der Waals surface area contributed by atoms with E-state index in [4.69, 9.17) is 9.47 Å². The van der Waals surface area contributed by atoms with Crippen LogP contribution in [-0.4, -0.2) is 72.8 Å². The second-order valence-electron chi connectivity index (χ2n) is 22.1. The average molecular weight is 857 g/mol. The standard InChI is InChI=1S/C53H77FN2O4S/c1-9-59-46(57)42-34-61-32-31-56(42)30-29-55-53-26-19-39(36(2)3)45(53)41-15-16-44-49(6)22-20-40(48(4,5)43(49)21-23-51(44,8)50(41,7)27-28-53)38-17-24-52(35-54,25-18-38)47(58)60-33-37-13-11-10-12-14-37/h10-14,17,20,39,41-45,55H,2,9,15-16,18-19,21-35H2,1,3-8H3/t39-,41+,42?,43-,44+,45+,49-,50+,51+,52?,53-/m0/s1. The van der Waals surface area contributed by atoms with Crippen LogP contribution in [0.15, 0.2) is 65.8 Å². The summed E-state index contributed by atoms with van der Waals surface area (Å²) in [7, 11) is 0. The molecule has 0 aromatic heterocycles. The van der Waals surface area contributed by atoms with Crippen LogP contribution in [0.5, 0.6) is 0 Å². The first-order valence-corrected chi connectivity index (χ1v) is 25.3. The first kappa shape index (κ1) is 45.2. The third-order valence-corrected chi connectivity index (χ3v) is 20.2. The highest BCUT2D eigenvalue weighted by molar-refractivity contribution is 7.99. The molecule has 1 aromatic rings. The number of hydrogen-bond donors (Lipinski definition) is 1. The van der Waals surface area contributed by atoms with E-state index in [0.29, 0.717) is 55.5 Å². The fourth-order valence-corrected chi connectivity index (χ4v) is 16.9. The zero-order valence-corrected chi connectivity index (χ0v) is 39.5. The fraction of sp³-hybridized carbons (Fsp3) is 0.736. The molecule has 6 aliphatic carbocycles. The predicted molar refractivity (Wildman–Crippen MR) is 247 cm³/mol. The van der Waals surface area contributed by atoms with E-state index in [1.165, 1.54) is 68.1 Å². The Hall–Kier alpha value is -2.42. The van der Waals surface area contributed by atoms with Gasteiger partial charge in [-0.2, -0.15) is 11.8 Å². The molecule has 1 aliphatic heterocycles. The first-order valence-electron chi connectivity index (χ1n) is 24.2. The number of nitrogens with one attached hydrogen (secondary N) is 1. The molecule has 11 atom stereocenters. The number of esters is 2. The van der Waals surface area contributed by atoms with Crippen LogP contribution in [0.1, 0.15) is 131 Å². The van der Waals surface area contributed by atoms with E-state index in [1.807, 2.05) is 49.0 Å². The highest BCUT2D eigenvalue weighted by Crippen LogP contribution is 2.76. The van der Waals surface area contributed by atoms with Gasteiger partial charge in [0.1, 0.15) is 19.3 Å². The number of carbonyl (C=O) groups excluding carboxylic acids is 2. The van der Waals surface area contributed by atoms with Crippen LogP contribution in [0, 0.1) is 56.7 Å². The third-order valence-electron chi connectivity index (χ3n) is 19.2. The Kier molecular flexibility index (Phi) is 12.7. The zero-order valence-electron chi connectivity index (χ0n) is 38.7. The molecule has 5 fully saturated rings. The number of carbonyl (C=O) groups is 2. The van der Waals surface area contributed by atoms with Crippen LogP contribution in [0.4, 0.5) is 4.39 Å². The molecule has 336 valence electrons. The molecule has 7 aliphatic rings. The van der Waals surface area contributed by atoms with Gasteiger partial charge in [-0.05, 0) is 159 Å². The van der Waals surface area contributed by atoms with Crippen LogP contribution in [0.2, 0.25) is 0 Å². The number of benzene rings is 1. The second kappa shape index (κ2) is 17.2. The van der Waals surface area contributed by atoms with Gasteiger partial charge in [0.15, 0.2) is 0 Å². The number of rotatable bonds is 12. The van der Waals surface area contributed by atoms with Crippen LogP contribution < -0.4 is 5.32 Å². The lowest BCUT2D eigenvalue weighted by atomic mass is 9.33. The maximum atomic E-state index is 14.8. The summed E-state index contributed by atoms with van der Waals surface area (Å²) < 4.78 is 26.0. The second-order valence-corrected chi connectivity index (χ2v) is 23.3. The minimum absolute atomic E-state index is 0.0110. The van der Waals surface area contributed by atoms with Gasteiger partial charge in [-0.15, -0.1) is 0 Å². The highest BCUT2D eigenvalue weighted by Gasteiger charge is 2.70. The van der Waals surface area contributed by atoms with Gasteiger partial charge >= 0.3 is 11.9 Å². The topological polar surface area (TPSA) is 67.9 Å². The number of halogens is 1. The molecule has 0 amide bonds. The molecule has 2 unspecified atom stereocenters. The minimum atomic E-state index is -1.10. The highest BCUT2D eigenvalue weighted by atomic mass is 32.2. The predicted octanol–water partition coefficient (Wildman–Crippen LogP) is 11.3. The lowest BCUT2D eigenvalue weighted by molar-refractivity contribution is -0.221. The molecule has 1 N–H and O–H groups in total. The van der Waals surface area contributed by atoms with Crippen molar-refractivity contribution in [2.24, 2.45) is 56.7 Å². The average Bonchev–Trinajstić information content (AvgIpc) is 3.64. The van der Waals surface area contributed by atoms with E-state index in [2.05, 4.69) is 70.5 Å². The SMILES string of the molecule is C=C(C)[C@@H]1CC[C@]2(NCCN3CCSCC3C(=O)OCC)CC[C@]3(C)[C@H](CC[C@@H]4[C@@]5(C)CC=C(C6=CCC(CF)(C(=O)OCc7ccccc7)CC6)C(C)(C)[C@@H]5CC[C@]43C)[C@@H]12. The van der Waals surface area contributed by atoms with Gasteiger partial charge in [0.2, 0.25) is 0 Å². The van der Waals surface area contributed by atoms with Crippen molar-refractivity contribution in [3.8, 4) is 0 Å². The lowest BCUT2D eigenvalue weighted by Gasteiger charge is -2.72. The van der Waals surface area contributed by atoms with E-state index >= 15 is 0 Å². The van der Waals surface area contributed by atoms with Crippen LogP contribution in [0.25, 0.3) is 0 Å². The summed E-state index contributed by atoms with van der Waals surface area (Å²) in [5.74, 6) is 4.44. The summed E-state index contributed by atoms with van der Waals surface area (Å²) in [6.45, 7) is 24.6. The van der Waals surface area contributed by atoms with Crippen molar-refractivity contribution in [3.05, 3.63) is 71.3 Å². The molecule has 4 saturated carbocycles. The maximum absolute atomic E-state index is 14.8. The smallest absolute Gasteiger partial charge is 0.324 e. The van der Waals surface area contributed by atoms with Crippen molar-refractivity contribution >= 4 is 23.7 Å². The van der Waals surface area contributed by atoms with Gasteiger partial charge in [-0.3, -0.25) is 14.5 Å². The van der Waals surface area contributed by atoms with Crippen molar-refractivity contribution in [2.75, 3.05) is 44.4 Å². The molecular formula is C53H77FN2O4S. The van der Waals surface area contributed by atoms with Gasteiger partial charge in [-0.1, -0.05) is 89.3 Å². The van der Waals surface area contributed by atoms with Crippen molar-refractivity contribution in [3.63, 3.8) is 0 Å². The Morgan fingerprint density at radius 1 is 0.918 bits per heavy atom. The van der Waals surface area contributed by atoms with Gasteiger partial charge in [0, 0.05) is 36.7 Å². The summed E-state index contributed by atoms with van der Waals surface area (Å²) in [5.41, 5.74) is 4.79. The molecule has 1 saturated heterocycles. The summed E-state index contributed by atoms with van der Waals surface area (Å²) in [6, 6.07) is 9.55. The Labute approximate surface area is 372 Å². The molecule has 1 heterocycles. The van der Waals surface area contributed by atoms with Gasteiger partial charge in [-0.25, -0.2) is 4.39 Å².